The summed E-state index contributed by atoms with van der Waals surface area (Å²) >= 11 is 0. The number of ether oxygens (including phenoxy) is 4. The summed E-state index contributed by atoms with van der Waals surface area (Å²) < 4.78 is 21.2. The molecule has 0 N–H and O–H groups in total. The maximum Gasteiger partial charge on any atom is 0.339 e. The molecule has 24 heavy (non-hydrogen) atoms. The number of carbonyl (C=O) groups is 2. The predicted octanol–water partition coefficient (Wildman–Crippen LogP) is 2.81. The van der Waals surface area contributed by atoms with E-state index in [1.165, 1.54) is 0 Å². The summed E-state index contributed by atoms with van der Waals surface area (Å²) in [7, 11) is 0. The van der Waals surface area contributed by atoms with Crippen LogP contribution < -0.4 is 0 Å². The van der Waals surface area contributed by atoms with E-state index in [1.807, 2.05) is 13.8 Å². The van der Waals surface area contributed by atoms with E-state index >= 15 is 0 Å². The molecule has 6 nitrogen and oxygen atoms in total. The number of benzene rings is 1. The Balaban J connectivity index is 2.05. The largest absolute Gasteiger partial charge is 0.462 e. The second kappa shape index (κ2) is 8.80. The van der Waals surface area contributed by atoms with Crippen LogP contribution in [0.3, 0.4) is 0 Å². The fourth-order valence-corrected chi connectivity index (χ4v) is 2.41. The first-order valence-corrected chi connectivity index (χ1v) is 8.20. The van der Waals surface area contributed by atoms with E-state index in [0.29, 0.717) is 19.8 Å². The number of hydrogen-bond donors (Lipinski definition) is 0. The fraction of sp³-hybridized carbons (Fsp3) is 0.556. The van der Waals surface area contributed by atoms with Gasteiger partial charge in [0.05, 0.1) is 36.4 Å². The minimum Gasteiger partial charge on any atom is -0.462 e. The van der Waals surface area contributed by atoms with Gasteiger partial charge in [0.1, 0.15) is 13.4 Å². The summed E-state index contributed by atoms with van der Waals surface area (Å²) in [5, 5.41) is 0. The molecule has 0 aliphatic carbocycles. The van der Waals surface area contributed by atoms with Gasteiger partial charge in [-0.05, 0) is 25.0 Å². The molecule has 0 saturated carbocycles. The molecular weight excluding hydrogens is 312 g/mol. The van der Waals surface area contributed by atoms with Gasteiger partial charge in [0.15, 0.2) is 0 Å². The summed E-state index contributed by atoms with van der Waals surface area (Å²) in [5.74, 6) is -1.06. The second-order valence-corrected chi connectivity index (χ2v) is 5.93. The van der Waals surface area contributed by atoms with Crippen LogP contribution in [0.4, 0.5) is 0 Å². The highest BCUT2D eigenvalue weighted by molar-refractivity contribution is 6.03. The molecule has 1 aliphatic rings. The van der Waals surface area contributed by atoms with Gasteiger partial charge in [-0.25, -0.2) is 9.59 Å². The van der Waals surface area contributed by atoms with Crippen molar-refractivity contribution in [1.29, 1.82) is 0 Å². The molecule has 1 fully saturated rings. The zero-order valence-electron chi connectivity index (χ0n) is 14.2. The Bertz CT molecular complexity index is 562. The summed E-state index contributed by atoms with van der Waals surface area (Å²) in [6.07, 6.45) is 1.48. The first kappa shape index (κ1) is 18.4. The number of rotatable bonds is 7. The summed E-state index contributed by atoms with van der Waals surface area (Å²) in [5.41, 5.74) is 0.0890. The molecule has 1 saturated heterocycles. The molecule has 132 valence electrons. The molecule has 1 aromatic carbocycles. The van der Waals surface area contributed by atoms with E-state index in [0.717, 1.165) is 12.8 Å². The van der Waals surface area contributed by atoms with E-state index in [9.17, 15) is 9.59 Å². The highest BCUT2D eigenvalue weighted by Crippen LogP contribution is 2.27. The van der Waals surface area contributed by atoms with Gasteiger partial charge in [-0.1, -0.05) is 26.0 Å². The monoisotopic (exact) mass is 336 g/mol. The van der Waals surface area contributed by atoms with Gasteiger partial charge in [0.25, 0.3) is 0 Å². The highest BCUT2D eigenvalue weighted by atomic mass is 16.7. The van der Waals surface area contributed by atoms with Crippen molar-refractivity contribution >= 4 is 11.9 Å². The van der Waals surface area contributed by atoms with Crippen LogP contribution in [0.25, 0.3) is 0 Å². The van der Waals surface area contributed by atoms with Crippen LogP contribution in [0.1, 0.15) is 47.4 Å². The Morgan fingerprint density at radius 3 is 2.17 bits per heavy atom. The van der Waals surface area contributed by atoms with Crippen molar-refractivity contribution in [1.82, 2.24) is 0 Å². The third-order valence-corrected chi connectivity index (χ3v) is 4.05. The smallest absolute Gasteiger partial charge is 0.339 e. The molecule has 1 aromatic rings. The molecule has 0 atom stereocenters. The summed E-state index contributed by atoms with van der Waals surface area (Å²) in [6.45, 7) is 5.64. The minimum atomic E-state index is -0.544. The standard InChI is InChI=1S/C18H24O6/c1-3-9-23-16(19)14-7-5-6-8-15(14)17(20)24-12-18(4-2)10-21-13-22-11-18/h5-8H,3-4,9-13H2,1-2H3. The number of hydrogen-bond acceptors (Lipinski definition) is 6. The van der Waals surface area contributed by atoms with Gasteiger partial charge >= 0.3 is 11.9 Å². The molecular formula is C18H24O6. The van der Waals surface area contributed by atoms with Crippen molar-refractivity contribution in [3.05, 3.63) is 35.4 Å². The van der Waals surface area contributed by atoms with E-state index in [4.69, 9.17) is 18.9 Å². The van der Waals surface area contributed by atoms with Crippen molar-refractivity contribution in [3.8, 4) is 0 Å². The molecule has 0 unspecified atom stereocenters. The maximum atomic E-state index is 12.4. The molecule has 1 heterocycles. The highest BCUT2D eigenvalue weighted by Gasteiger charge is 2.34. The Kier molecular flexibility index (Phi) is 6.75. The van der Waals surface area contributed by atoms with Crippen molar-refractivity contribution in [2.45, 2.75) is 26.7 Å². The van der Waals surface area contributed by atoms with Crippen molar-refractivity contribution < 1.29 is 28.5 Å². The zero-order chi connectivity index (χ0) is 17.4. The topological polar surface area (TPSA) is 71.1 Å². The molecule has 0 aromatic heterocycles. The third kappa shape index (κ3) is 4.55. The first-order chi connectivity index (χ1) is 11.6. The second-order valence-electron chi connectivity index (χ2n) is 5.93. The fourth-order valence-electron chi connectivity index (χ4n) is 2.41. The zero-order valence-corrected chi connectivity index (χ0v) is 14.2. The van der Waals surface area contributed by atoms with Gasteiger partial charge in [-0.15, -0.1) is 0 Å². The normalized spacial score (nSPS) is 16.4. The van der Waals surface area contributed by atoms with E-state index < -0.39 is 11.9 Å². The van der Waals surface area contributed by atoms with Crippen molar-refractivity contribution in [2.75, 3.05) is 33.2 Å². The van der Waals surface area contributed by atoms with Crippen molar-refractivity contribution in [3.63, 3.8) is 0 Å². The van der Waals surface area contributed by atoms with Gasteiger partial charge in [-0.2, -0.15) is 0 Å². The Hall–Kier alpha value is -1.92. The minimum absolute atomic E-state index is 0.181. The average molecular weight is 336 g/mol. The van der Waals surface area contributed by atoms with Gasteiger partial charge in [0.2, 0.25) is 0 Å². The SMILES string of the molecule is CCCOC(=O)c1ccccc1C(=O)OCC1(CC)COCOC1. The third-order valence-electron chi connectivity index (χ3n) is 4.05. The number of esters is 2. The Morgan fingerprint density at radius 1 is 1.04 bits per heavy atom. The van der Waals surface area contributed by atoms with Crippen LogP contribution in [-0.2, 0) is 18.9 Å². The summed E-state index contributed by atoms with van der Waals surface area (Å²) in [4.78, 5) is 24.5. The van der Waals surface area contributed by atoms with Crippen LogP contribution in [0, 0.1) is 5.41 Å². The molecule has 6 heteroatoms. The van der Waals surface area contributed by atoms with Crippen molar-refractivity contribution in [2.24, 2.45) is 5.41 Å². The lowest BCUT2D eigenvalue weighted by Crippen LogP contribution is -2.41. The van der Waals surface area contributed by atoms with Crippen LogP contribution in [0.15, 0.2) is 24.3 Å². The first-order valence-electron chi connectivity index (χ1n) is 8.20. The van der Waals surface area contributed by atoms with E-state index in [-0.39, 0.29) is 29.9 Å². The lowest BCUT2D eigenvalue weighted by Gasteiger charge is -2.35. The van der Waals surface area contributed by atoms with E-state index in [1.54, 1.807) is 24.3 Å². The average Bonchev–Trinajstić information content (AvgIpc) is 2.65. The Labute approximate surface area is 142 Å². The lowest BCUT2D eigenvalue weighted by atomic mass is 9.87. The predicted molar refractivity (Wildman–Crippen MR) is 86.8 cm³/mol. The van der Waals surface area contributed by atoms with Gasteiger partial charge in [-0.3, -0.25) is 0 Å². The molecule has 2 rings (SSSR count). The molecule has 1 aliphatic heterocycles. The van der Waals surface area contributed by atoms with Crippen LogP contribution in [0.5, 0.6) is 0 Å². The number of carbonyl (C=O) groups excluding carboxylic acids is 2. The van der Waals surface area contributed by atoms with Gasteiger partial charge in [0, 0.05) is 0 Å². The Morgan fingerprint density at radius 2 is 1.62 bits per heavy atom. The van der Waals surface area contributed by atoms with Crippen LogP contribution in [-0.4, -0.2) is 45.2 Å². The quantitative estimate of drug-likeness (QED) is 0.713. The molecule has 0 bridgehead atoms. The maximum absolute atomic E-state index is 12.4. The molecule has 0 amide bonds. The van der Waals surface area contributed by atoms with Gasteiger partial charge < -0.3 is 18.9 Å². The van der Waals surface area contributed by atoms with E-state index in [2.05, 4.69) is 0 Å². The molecule has 0 radical (unpaired) electrons. The van der Waals surface area contributed by atoms with Crippen LogP contribution in [0.2, 0.25) is 0 Å². The summed E-state index contributed by atoms with van der Waals surface area (Å²) in [6, 6.07) is 6.51. The lowest BCUT2D eigenvalue weighted by molar-refractivity contribution is -0.177. The van der Waals surface area contributed by atoms with Crippen LogP contribution >= 0.6 is 0 Å². The molecule has 0 spiro atoms.